The van der Waals surface area contributed by atoms with E-state index in [0.717, 1.165) is 5.56 Å². The lowest BCUT2D eigenvalue weighted by atomic mass is 10.1. The van der Waals surface area contributed by atoms with Crippen LogP contribution in [-0.4, -0.2) is 65.2 Å². The molecule has 0 aliphatic heterocycles. The molecule has 0 spiro atoms. The molecule has 0 unspecified atom stereocenters. The Balaban J connectivity index is 1.23. The summed E-state index contributed by atoms with van der Waals surface area (Å²) in [5.41, 5.74) is 0.900. The number of ether oxygens (including phenoxy) is 1. The molecule has 0 atom stereocenters. The molecule has 4 N–H and O–H groups in total. The molecule has 2 heterocycles. The number of carbonyl (C=O) groups is 2. The Kier molecular flexibility index (Phi) is 9.76. The van der Waals surface area contributed by atoms with E-state index in [1.165, 1.54) is 42.7 Å². The molecule has 5 rings (SSSR count). The van der Waals surface area contributed by atoms with E-state index >= 15 is 0 Å². The number of sulfonamides is 1. The maximum atomic E-state index is 12.9. The molecule has 13 nitrogen and oxygen atoms in total. The van der Waals surface area contributed by atoms with Crippen LogP contribution in [0.25, 0.3) is 0 Å². The molecular weight excluding hydrogens is 665 g/mol. The Bertz CT molecular complexity index is 1840. The molecule has 1 aliphatic rings. The highest BCUT2D eigenvalue weighted by Gasteiger charge is 2.45. The monoisotopic (exact) mass is 690 g/mol. The Hall–Kier alpha value is -5.03. The summed E-state index contributed by atoms with van der Waals surface area (Å²) in [7, 11) is -4.10. The molecule has 4 aromatic rings. The quantitative estimate of drug-likeness (QED) is 0.158. The second-order valence-electron chi connectivity index (χ2n) is 10.3. The molecule has 1 aliphatic carbocycles. The van der Waals surface area contributed by atoms with Gasteiger partial charge in [-0.25, -0.2) is 13.1 Å². The number of alkyl halides is 3. The summed E-state index contributed by atoms with van der Waals surface area (Å²) in [5, 5.41) is 8.98. The first-order chi connectivity index (χ1) is 22.3. The van der Waals surface area contributed by atoms with Crippen LogP contribution in [0, 0.1) is 0 Å². The number of hydrogen-bond acceptors (Lipinski definition) is 11. The highest BCUT2D eigenvalue weighted by molar-refractivity contribution is 7.90. The number of nitrogens with one attached hydrogen (secondary N) is 4. The van der Waals surface area contributed by atoms with Crippen LogP contribution >= 0.6 is 11.6 Å². The summed E-state index contributed by atoms with van der Waals surface area (Å²) in [6.07, 6.45) is -0.399. The number of halogens is 4. The van der Waals surface area contributed by atoms with Gasteiger partial charge in [0.2, 0.25) is 21.9 Å². The minimum Gasteiger partial charge on any atom is -0.454 e. The van der Waals surface area contributed by atoms with Crippen LogP contribution in [0.4, 0.5) is 30.8 Å². The van der Waals surface area contributed by atoms with Gasteiger partial charge in [-0.05, 0) is 66.9 Å². The molecule has 2 amide bonds. The molecular formula is C29H26ClF3N8O5S. The van der Waals surface area contributed by atoms with Crippen molar-refractivity contribution < 1.29 is 35.9 Å². The number of amides is 2. The predicted molar refractivity (Wildman–Crippen MR) is 165 cm³/mol. The van der Waals surface area contributed by atoms with E-state index in [1.54, 1.807) is 18.2 Å². The minimum absolute atomic E-state index is 0.00985. The zero-order valence-corrected chi connectivity index (χ0v) is 25.8. The fourth-order valence-corrected chi connectivity index (χ4v) is 5.26. The topological polar surface area (TPSA) is 177 Å². The molecule has 0 radical (unpaired) electrons. The normalized spacial score (nSPS) is 13.7. The van der Waals surface area contributed by atoms with Crippen molar-refractivity contribution in [2.45, 2.75) is 24.6 Å². The fourth-order valence-electron chi connectivity index (χ4n) is 4.26. The maximum absolute atomic E-state index is 12.9. The summed E-state index contributed by atoms with van der Waals surface area (Å²) >= 11 is 6.00. The summed E-state index contributed by atoms with van der Waals surface area (Å²) in [5.74, 6) is -2.18. The first kappa shape index (κ1) is 33.3. The van der Waals surface area contributed by atoms with Crippen LogP contribution in [0.5, 0.6) is 6.01 Å². The largest absolute Gasteiger partial charge is 0.454 e. The molecule has 2 aromatic heterocycles. The van der Waals surface area contributed by atoms with Gasteiger partial charge in [-0.15, -0.1) is 0 Å². The number of hydrogen-bond donors (Lipinski definition) is 4. The Morgan fingerprint density at radius 3 is 2.26 bits per heavy atom. The van der Waals surface area contributed by atoms with E-state index in [1.807, 2.05) is 16.9 Å². The van der Waals surface area contributed by atoms with Crippen LogP contribution in [0.3, 0.4) is 0 Å². The van der Waals surface area contributed by atoms with Gasteiger partial charge in [0.1, 0.15) is 0 Å². The van der Waals surface area contributed by atoms with Gasteiger partial charge >= 0.3 is 12.2 Å². The molecule has 47 heavy (non-hydrogen) atoms. The van der Waals surface area contributed by atoms with E-state index in [4.69, 9.17) is 16.3 Å². The van der Waals surface area contributed by atoms with E-state index in [0.29, 0.717) is 23.6 Å². The smallest absolute Gasteiger partial charge is 0.422 e. The van der Waals surface area contributed by atoms with Crippen molar-refractivity contribution in [1.29, 1.82) is 0 Å². The third-order valence-corrected chi connectivity index (χ3v) is 8.20. The molecule has 0 saturated heterocycles. The average molecular weight is 691 g/mol. The van der Waals surface area contributed by atoms with Crippen LogP contribution in [0.15, 0.2) is 73.1 Å². The third kappa shape index (κ3) is 9.49. The fraction of sp³-hybridized carbons (Fsp3) is 0.241. The summed E-state index contributed by atoms with van der Waals surface area (Å²) < 4.78 is 70.1. The van der Waals surface area contributed by atoms with Crippen LogP contribution in [0.2, 0.25) is 5.02 Å². The number of benzene rings is 2. The molecule has 246 valence electrons. The van der Waals surface area contributed by atoms with Crippen LogP contribution in [-0.2, 0) is 15.6 Å². The second-order valence-corrected chi connectivity index (χ2v) is 12.6. The molecule has 1 saturated carbocycles. The van der Waals surface area contributed by atoms with E-state index < -0.39 is 51.9 Å². The lowest BCUT2D eigenvalue weighted by Crippen LogP contribution is -2.37. The van der Waals surface area contributed by atoms with Crippen molar-refractivity contribution in [3.05, 3.63) is 94.8 Å². The zero-order valence-electron chi connectivity index (χ0n) is 24.2. The van der Waals surface area contributed by atoms with Crippen molar-refractivity contribution in [2.75, 3.05) is 29.5 Å². The Morgan fingerprint density at radius 2 is 1.62 bits per heavy atom. The third-order valence-electron chi connectivity index (χ3n) is 6.71. The second kappa shape index (κ2) is 13.8. The van der Waals surface area contributed by atoms with Gasteiger partial charge in [-0.1, -0.05) is 23.7 Å². The van der Waals surface area contributed by atoms with Crippen molar-refractivity contribution >= 4 is 51.0 Å². The first-order valence-electron chi connectivity index (χ1n) is 13.9. The van der Waals surface area contributed by atoms with Crippen molar-refractivity contribution in [1.82, 2.24) is 30.0 Å². The molecule has 0 bridgehead atoms. The zero-order chi connectivity index (χ0) is 33.7. The van der Waals surface area contributed by atoms with Gasteiger partial charge in [0.25, 0.3) is 11.8 Å². The van der Waals surface area contributed by atoms with Crippen molar-refractivity contribution in [3.63, 3.8) is 0 Å². The average Bonchev–Trinajstić information content (AvgIpc) is 3.80. The summed E-state index contributed by atoms with van der Waals surface area (Å²) in [4.78, 5) is 40.7. The Morgan fingerprint density at radius 1 is 0.915 bits per heavy atom. The first-order valence-corrected chi connectivity index (χ1v) is 15.9. The number of carbonyl (C=O) groups excluding carboxylic acids is 2. The van der Waals surface area contributed by atoms with Crippen molar-refractivity contribution in [3.8, 4) is 6.01 Å². The van der Waals surface area contributed by atoms with Crippen LogP contribution in [0.1, 0.15) is 39.1 Å². The molecule has 1 fully saturated rings. The standard InChI is InChI=1S/C29H26ClF3N8O5S/c30-21-7-5-20(6-8-21)28(11-12-28)40-26-37-25(38-27(39-26)46-17-29(31,32)33)36-22-9-3-18(4-10-22)24(43)41-47(44,45)15-14-35-23(42)19-2-1-13-34-16-19/h1-10,13,16H,11-12,14-15,17H2,(H,35,42)(H,41,43)(H2,36,37,38,39,40). The lowest BCUT2D eigenvalue weighted by molar-refractivity contribution is -0.154. The number of nitrogens with zero attached hydrogens (tertiary/aromatic N) is 4. The molecule has 18 heteroatoms. The lowest BCUT2D eigenvalue weighted by Gasteiger charge is -2.19. The van der Waals surface area contributed by atoms with Gasteiger partial charge in [0, 0.05) is 35.2 Å². The molecule has 2 aromatic carbocycles. The summed E-state index contributed by atoms with van der Waals surface area (Å²) in [6, 6.07) is 15.1. The highest BCUT2D eigenvalue weighted by atomic mass is 35.5. The summed E-state index contributed by atoms with van der Waals surface area (Å²) in [6.45, 7) is -1.88. The van der Waals surface area contributed by atoms with Gasteiger partial charge in [0.15, 0.2) is 6.61 Å². The van der Waals surface area contributed by atoms with Crippen LogP contribution < -0.4 is 25.4 Å². The van der Waals surface area contributed by atoms with E-state index in [-0.39, 0.29) is 29.6 Å². The van der Waals surface area contributed by atoms with Gasteiger partial charge in [-0.2, -0.15) is 28.1 Å². The SMILES string of the molecule is O=C(NCCS(=O)(=O)NC(=O)c1ccc(Nc2nc(NC3(c4ccc(Cl)cc4)CC3)nc(OCC(F)(F)F)n2)cc1)c1cccnc1. The number of aromatic nitrogens is 4. The Labute approximate surface area is 271 Å². The maximum Gasteiger partial charge on any atom is 0.422 e. The number of anilines is 3. The number of pyridine rings is 1. The van der Waals surface area contributed by atoms with Gasteiger partial charge in [0.05, 0.1) is 16.9 Å². The van der Waals surface area contributed by atoms with E-state index in [2.05, 4.69) is 35.9 Å². The van der Waals surface area contributed by atoms with E-state index in [9.17, 15) is 31.2 Å². The highest BCUT2D eigenvalue weighted by Crippen LogP contribution is 2.48. The number of rotatable bonds is 13. The van der Waals surface area contributed by atoms with Crippen molar-refractivity contribution in [2.24, 2.45) is 0 Å². The van der Waals surface area contributed by atoms with Gasteiger partial charge in [-0.3, -0.25) is 14.6 Å². The minimum atomic E-state index is -4.63. The predicted octanol–water partition coefficient (Wildman–Crippen LogP) is 4.20. The van der Waals surface area contributed by atoms with Gasteiger partial charge < -0.3 is 20.7 Å².